The highest BCUT2D eigenvalue weighted by molar-refractivity contribution is 7.99. The fourth-order valence-electron chi connectivity index (χ4n) is 2.89. The van der Waals surface area contributed by atoms with Gasteiger partial charge < -0.3 is 5.32 Å². The molecule has 1 aromatic carbocycles. The minimum Gasteiger partial charge on any atom is -0.326 e. The molecule has 0 fully saturated rings. The van der Waals surface area contributed by atoms with E-state index in [0.717, 1.165) is 12.1 Å². The summed E-state index contributed by atoms with van der Waals surface area (Å²) in [5.41, 5.74) is -0.572. The lowest BCUT2D eigenvalue weighted by Gasteiger charge is -2.19. The van der Waals surface area contributed by atoms with Crippen LogP contribution < -0.4 is 10.9 Å². The third-order valence-electron chi connectivity index (χ3n) is 4.35. The van der Waals surface area contributed by atoms with Crippen LogP contribution in [0.5, 0.6) is 0 Å². The van der Waals surface area contributed by atoms with Crippen LogP contribution in [0.15, 0.2) is 40.3 Å². The Morgan fingerprint density at radius 3 is 2.64 bits per heavy atom. The Bertz CT molecular complexity index is 964. The van der Waals surface area contributed by atoms with E-state index < -0.39 is 17.6 Å². The van der Waals surface area contributed by atoms with Crippen molar-refractivity contribution in [2.45, 2.75) is 50.0 Å². The maximum absolute atomic E-state index is 12.8. The van der Waals surface area contributed by atoms with E-state index in [0.29, 0.717) is 16.6 Å². The molecule has 150 valence electrons. The molecule has 0 spiro atoms. The summed E-state index contributed by atoms with van der Waals surface area (Å²) in [7, 11) is 0. The summed E-state index contributed by atoms with van der Waals surface area (Å²) < 4.78 is 39.9. The lowest BCUT2D eigenvalue weighted by atomic mass is 9.92. The second-order valence-corrected chi connectivity index (χ2v) is 8.67. The van der Waals surface area contributed by atoms with Crippen molar-refractivity contribution in [3.63, 3.8) is 0 Å². The number of amides is 1. The van der Waals surface area contributed by atoms with E-state index in [9.17, 15) is 22.8 Å². The number of thioether (sulfide) groups is 1. The molecule has 0 saturated carbocycles. The molecule has 1 atom stereocenters. The minimum absolute atomic E-state index is 0.0211. The maximum Gasteiger partial charge on any atom is 0.416 e. The van der Waals surface area contributed by atoms with Crippen LogP contribution in [0.1, 0.15) is 44.5 Å². The molecule has 0 radical (unpaired) electrons. The molecule has 1 amide bonds. The van der Waals surface area contributed by atoms with Gasteiger partial charge in [0.2, 0.25) is 5.91 Å². The average Bonchev–Trinajstić information content (AvgIpc) is 2.97. The summed E-state index contributed by atoms with van der Waals surface area (Å²) in [6, 6.07) is 5.55. The number of hydrogen-bond acceptors (Lipinski definition) is 4. The molecule has 1 aliphatic rings. The first-order valence-electron chi connectivity index (χ1n) is 8.69. The van der Waals surface area contributed by atoms with Crippen molar-refractivity contribution in [3.05, 3.63) is 51.9 Å². The van der Waals surface area contributed by atoms with Crippen molar-refractivity contribution >= 4 is 23.4 Å². The van der Waals surface area contributed by atoms with Crippen LogP contribution >= 0.6 is 11.8 Å². The van der Waals surface area contributed by atoms with Crippen LogP contribution in [-0.4, -0.2) is 21.2 Å². The Morgan fingerprint density at radius 1 is 1.29 bits per heavy atom. The zero-order chi connectivity index (χ0) is 20.7. The van der Waals surface area contributed by atoms with Crippen LogP contribution in [0, 0.1) is 0 Å². The summed E-state index contributed by atoms with van der Waals surface area (Å²) in [6.45, 7) is 5.89. The third kappa shape index (κ3) is 4.40. The molecule has 1 aliphatic heterocycles. The number of anilines is 1. The Balaban J connectivity index is 1.75. The first kappa shape index (κ1) is 20.4. The number of aromatic nitrogens is 2. The van der Waals surface area contributed by atoms with Crippen LogP contribution in [0.25, 0.3) is 0 Å². The zero-order valence-electron chi connectivity index (χ0n) is 15.6. The third-order valence-corrected chi connectivity index (χ3v) is 5.45. The van der Waals surface area contributed by atoms with Crippen molar-refractivity contribution < 1.29 is 18.0 Å². The summed E-state index contributed by atoms with van der Waals surface area (Å²) in [5, 5.41) is 3.05. The first-order chi connectivity index (χ1) is 12.9. The van der Waals surface area contributed by atoms with E-state index in [1.165, 1.54) is 34.5 Å². The second-order valence-electron chi connectivity index (χ2n) is 7.68. The molecule has 0 saturated heterocycles. The zero-order valence-corrected chi connectivity index (χ0v) is 16.4. The monoisotopic (exact) mass is 411 g/mol. The normalized spacial score (nSPS) is 16.7. The summed E-state index contributed by atoms with van der Waals surface area (Å²) >= 11 is 1.40. The van der Waals surface area contributed by atoms with Gasteiger partial charge in [0.25, 0.3) is 5.56 Å². The molecule has 2 aromatic rings. The highest BCUT2D eigenvalue weighted by atomic mass is 32.2. The number of carbonyl (C=O) groups is 1. The maximum atomic E-state index is 12.8. The summed E-state index contributed by atoms with van der Waals surface area (Å²) in [5.74, 6) is 0.0517. The van der Waals surface area contributed by atoms with Crippen LogP contribution in [0.4, 0.5) is 18.9 Å². The Hall–Kier alpha value is -2.29. The van der Waals surface area contributed by atoms with E-state index in [-0.39, 0.29) is 29.1 Å². The van der Waals surface area contributed by atoms with E-state index in [2.05, 4.69) is 10.3 Å². The lowest BCUT2D eigenvalue weighted by Crippen LogP contribution is -2.29. The van der Waals surface area contributed by atoms with Crippen LogP contribution in [0.2, 0.25) is 0 Å². The quantitative estimate of drug-likeness (QED) is 0.768. The van der Waals surface area contributed by atoms with Gasteiger partial charge in [-0.1, -0.05) is 38.6 Å². The van der Waals surface area contributed by atoms with Gasteiger partial charge in [0.05, 0.1) is 17.3 Å². The Labute approximate surface area is 164 Å². The number of hydrogen-bond donors (Lipinski definition) is 1. The highest BCUT2D eigenvalue weighted by Gasteiger charge is 2.31. The van der Waals surface area contributed by atoms with E-state index in [4.69, 9.17) is 0 Å². The average molecular weight is 411 g/mol. The van der Waals surface area contributed by atoms with Crippen molar-refractivity contribution in [1.29, 1.82) is 0 Å². The van der Waals surface area contributed by atoms with E-state index in [1.807, 2.05) is 20.8 Å². The van der Waals surface area contributed by atoms with Crippen LogP contribution in [0.3, 0.4) is 0 Å². The fraction of sp³-hybridized carbons (Fsp3) is 0.421. The number of rotatable bonds is 3. The van der Waals surface area contributed by atoms with Gasteiger partial charge in [-0.15, -0.1) is 0 Å². The van der Waals surface area contributed by atoms with Crippen molar-refractivity contribution in [2.75, 3.05) is 11.1 Å². The number of halogens is 3. The molecule has 1 unspecified atom stereocenters. The van der Waals surface area contributed by atoms with Gasteiger partial charge in [-0.3, -0.25) is 14.2 Å². The van der Waals surface area contributed by atoms with Gasteiger partial charge in [0.1, 0.15) is 0 Å². The Morgan fingerprint density at radius 2 is 2.00 bits per heavy atom. The molecule has 0 aliphatic carbocycles. The lowest BCUT2D eigenvalue weighted by molar-refractivity contribution is -0.137. The Kier molecular flexibility index (Phi) is 5.31. The molecule has 1 aromatic heterocycles. The first-order valence-corrected chi connectivity index (χ1v) is 9.67. The van der Waals surface area contributed by atoms with E-state index in [1.54, 1.807) is 0 Å². The largest absolute Gasteiger partial charge is 0.416 e. The molecular weight excluding hydrogens is 391 g/mol. The number of nitrogens with one attached hydrogen (secondary N) is 1. The molecule has 9 heteroatoms. The highest BCUT2D eigenvalue weighted by Crippen LogP contribution is 2.34. The minimum atomic E-state index is -4.48. The molecule has 0 bridgehead atoms. The smallest absolute Gasteiger partial charge is 0.326 e. The number of alkyl halides is 3. The molecule has 1 N–H and O–H groups in total. The summed E-state index contributed by atoms with van der Waals surface area (Å²) in [4.78, 5) is 29.4. The van der Waals surface area contributed by atoms with E-state index >= 15 is 0 Å². The predicted molar refractivity (Wildman–Crippen MR) is 102 cm³/mol. The van der Waals surface area contributed by atoms with Gasteiger partial charge >= 0.3 is 6.18 Å². The van der Waals surface area contributed by atoms with Gasteiger partial charge in [0.15, 0.2) is 5.16 Å². The molecule has 5 nitrogen and oxygen atoms in total. The van der Waals surface area contributed by atoms with Crippen molar-refractivity contribution in [2.24, 2.45) is 0 Å². The SMILES string of the molecule is CC(C)(C)c1cc(=O)n2c(n1)SCC2CC(=O)Nc1cccc(C(F)(F)F)c1. The predicted octanol–water partition coefficient (Wildman–Crippen LogP) is 4.24. The molecular formula is C19H20F3N3O2S. The fourth-order valence-corrected chi connectivity index (χ4v) is 4.04. The number of carbonyl (C=O) groups excluding carboxylic acids is 1. The van der Waals surface area contributed by atoms with Gasteiger partial charge in [0, 0.05) is 29.3 Å². The second kappa shape index (κ2) is 7.27. The van der Waals surface area contributed by atoms with Gasteiger partial charge in [-0.2, -0.15) is 13.2 Å². The number of fused-ring (bicyclic) bond motifs is 1. The molecule has 2 heterocycles. The van der Waals surface area contributed by atoms with Gasteiger partial charge in [-0.05, 0) is 18.2 Å². The topological polar surface area (TPSA) is 64.0 Å². The number of nitrogens with zero attached hydrogens (tertiary/aromatic N) is 2. The van der Waals surface area contributed by atoms with Gasteiger partial charge in [-0.25, -0.2) is 4.98 Å². The van der Waals surface area contributed by atoms with Crippen molar-refractivity contribution in [1.82, 2.24) is 9.55 Å². The molecule has 3 rings (SSSR count). The number of benzene rings is 1. The molecule has 28 heavy (non-hydrogen) atoms. The standard InChI is InChI=1S/C19H20F3N3O2S/c1-18(2,3)14-9-16(27)25-13(10-28-17(25)24-14)8-15(26)23-12-6-4-5-11(7-12)19(20,21)22/h4-7,9,13H,8,10H2,1-3H3,(H,23,26). The van der Waals surface area contributed by atoms with Crippen LogP contribution in [-0.2, 0) is 16.4 Å². The summed E-state index contributed by atoms with van der Waals surface area (Å²) in [6.07, 6.45) is -4.50. The van der Waals surface area contributed by atoms with Crippen molar-refractivity contribution in [3.8, 4) is 0 Å².